The van der Waals surface area contributed by atoms with Gasteiger partial charge in [-0.1, -0.05) is 6.07 Å². The monoisotopic (exact) mass is 373 g/mol. The number of nitrogens with zero attached hydrogens (tertiary/aromatic N) is 2. The van der Waals surface area contributed by atoms with Gasteiger partial charge in [-0.3, -0.25) is 4.79 Å². The Morgan fingerprint density at radius 1 is 1.19 bits per heavy atom. The van der Waals surface area contributed by atoms with Crippen LogP contribution < -0.4 is 10.2 Å². The molecule has 2 heterocycles. The third-order valence-electron chi connectivity index (χ3n) is 4.61. The van der Waals surface area contributed by atoms with Crippen molar-refractivity contribution in [2.45, 2.75) is 26.3 Å². The molecule has 0 saturated carbocycles. The molecule has 7 heteroatoms. The Morgan fingerprint density at radius 3 is 2.42 bits per heavy atom. The van der Waals surface area contributed by atoms with Gasteiger partial charge in [0.05, 0.1) is 17.1 Å². The van der Waals surface area contributed by atoms with Gasteiger partial charge in [-0.15, -0.1) is 0 Å². The summed E-state index contributed by atoms with van der Waals surface area (Å²) < 4.78 is 23.3. The van der Waals surface area contributed by atoms with Crippen LogP contribution >= 0.6 is 0 Å². The average molecular weight is 373 g/mol. The zero-order valence-corrected chi connectivity index (χ0v) is 16.0. The lowest BCUT2D eigenvalue weighted by atomic mass is 10.1. The molecular weight excluding hydrogens is 350 g/mol. The third kappa shape index (κ3) is 4.22. The first-order valence-electron chi connectivity index (χ1n) is 8.52. The van der Waals surface area contributed by atoms with Crippen molar-refractivity contribution in [2.75, 3.05) is 28.8 Å². The van der Waals surface area contributed by atoms with E-state index in [1.165, 1.54) is 6.20 Å². The highest BCUT2D eigenvalue weighted by molar-refractivity contribution is 7.91. The van der Waals surface area contributed by atoms with Gasteiger partial charge in [0.2, 0.25) is 0 Å². The number of nitrogens with one attached hydrogen (secondary N) is 1. The van der Waals surface area contributed by atoms with Crippen molar-refractivity contribution in [3.8, 4) is 0 Å². The minimum Gasteiger partial charge on any atom is -0.356 e. The van der Waals surface area contributed by atoms with Crippen molar-refractivity contribution < 1.29 is 13.2 Å². The SMILES string of the molecule is Cc1cc(C)cc(NC(=O)c2ccc(N(C)C3CCS(=O)(=O)C3)nc2)c1. The molecule has 1 aromatic carbocycles. The number of hydrogen-bond acceptors (Lipinski definition) is 5. The summed E-state index contributed by atoms with van der Waals surface area (Å²) in [6.07, 6.45) is 2.13. The molecule has 0 bridgehead atoms. The van der Waals surface area contributed by atoms with Gasteiger partial charge >= 0.3 is 0 Å². The third-order valence-corrected chi connectivity index (χ3v) is 6.36. The number of rotatable bonds is 4. The quantitative estimate of drug-likeness (QED) is 0.891. The van der Waals surface area contributed by atoms with Crippen molar-refractivity contribution >= 4 is 27.2 Å². The van der Waals surface area contributed by atoms with Crippen LogP contribution in [-0.4, -0.2) is 43.9 Å². The zero-order chi connectivity index (χ0) is 18.9. The van der Waals surface area contributed by atoms with Gasteiger partial charge in [-0.05, 0) is 55.7 Å². The minimum atomic E-state index is -2.95. The molecule has 1 fully saturated rings. The largest absolute Gasteiger partial charge is 0.356 e. The molecule has 1 atom stereocenters. The Bertz CT molecular complexity index is 903. The summed E-state index contributed by atoms with van der Waals surface area (Å²) in [7, 11) is -1.11. The van der Waals surface area contributed by atoms with Gasteiger partial charge in [-0.25, -0.2) is 13.4 Å². The van der Waals surface area contributed by atoms with Crippen LogP contribution in [0.5, 0.6) is 0 Å². The van der Waals surface area contributed by atoms with Crippen LogP contribution in [0.1, 0.15) is 27.9 Å². The standard InChI is InChI=1S/C19H23N3O3S/c1-13-8-14(2)10-16(9-13)21-19(23)15-4-5-18(20-11-15)22(3)17-6-7-26(24,25)12-17/h4-5,8-11,17H,6-7,12H2,1-3H3,(H,21,23). The number of sulfone groups is 1. The molecule has 26 heavy (non-hydrogen) atoms. The second kappa shape index (κ2) is 7.07. The molecule has 0 aliphatic carbocycles. The molecule has 138 valence electrons. The van der Waals surface area contributed by atoms with E-state index in [-0.39, 0.29) is 23.5 Å². The number of benzene rings is 1. The Balaban J connectivity index is 1.69. The van der Waals surface area contributed by atoms with Crippen molar-refractivity contribution in [1.29, 1.82) is 0 Å². The smallest absolute Gasteiger partial charge is 0.257 e. The zero-order valence-electron chi connectivity index (χ0n) is 15.2. The first-order chi connectivity index (χ1) is 12.2. The molecule has 2 aromatic rings. The van der Waals surface area contributed by atoms with Crippen LogP contribution in [0, 0.1) is 13.8 Å². The van der Waals surface area contributed by atoms with Gasteiger partial charge < -0.3 is 10.2 Å². The maximum absolute atomic E-state index is 12.4. The Kier molecular flexibility index (Phi) is 5.00. The van der Waals surface area contributed by atoms with Crippen LogP contribution in [0.4, 0.5) is 11.5 Å². The first kappa shape index (κ1) is 18.4. The molecule has 1 aromatic heterocycles. The van der Waals surface area contributed by atoms with E-state index in [0.29, 0.717) is 17.8 Å². The molecule has 0 spiro atoms. The molecule has 1 amide bonds. The number of aromatic nitrogens is 1. The average Bonchev–Trinajstić information content (AvgIpc) is 2.93. The van der Waals surface area contributed by atoms with Crippen LogP contribution in [0.15, 0.2) is 36.5 Å². The molecule has 1 saturated heterocycles. The Labute approximate surface area is 154 Å². The number of amides is 1. The Hall–Kier alpha value is -2.41. The fourth-order valence-electron chi connectivity index (χ4n) is 3.25. The van der Waals surface area contributed by atoms with E-state index < -0.39 is 9.84 Å². The van der Waals surface area contributed by atoms with Gasteiger partial charge in [0.1, 0.15) is 5.82 Å². The second-order valence-corrected chi connectivity index (χ2v) is 9.13. The molecule has 0 radical (unpaired) electrons. The Morgan fingerprint density at radius 2 is 1.88 bits per heavy atom. The van der Waals surface area contributed by atoms with E-state index in [4.69, 9.17) is 0 Å². The molecule has 6 nitrogen and oxygen atoms in total. The van der Waals surface area contributed by atoms with Crippen molar-refractivity contribution in [3.05, 3.63) is 53.2 Å². The highest BCUT2D eigenvalue weighted by Crippen LogP contribution is 2.22. The van der Waals surface area contributed by atoms with E-state index >= 15 is 0 Å². The fourth-order valence-corrected chi connectivity index (χ4v) is 5.02. The summed E-state index contributed by atoms with van der Waals surface area (Å²) in [5, 5.41) is 2.88. The number of carbonyl (C=O) groups excluding carboxylic acids is 1. The predicted molar refractivity (Wildman–Crippen MR) is 104 cm³/mol. The van der Waals surface area contributed by atoms with Crippen molar-refractivity contribution in [3.63, 3.8) is 0 Å². The predicted octanol–water partition coefficient (Wildman–Crippen LogP) is 2.57. The van der Waals surface area contributed by atoms with Crippen LogP contribution in [0.25, 0.3) is 0 Å². The lowest BCUT2D eigenvalue weighted by Gasteiger charge is -2.24. The van der Waals surface area contributed by atoms with Crippen LogP contribution in [0.3, 0.4) is 0 Å². The summed E-state index contributed by atoms with van der Waals surface area (Å²) in [6, 6.07) is 9.27. The van der Waals surface area contributed by atoms with Gasteiger partial charge in [0, 0.05) is 25.0 Å². The van der Waals surface area contributed by atoms with Crippen LogP contribution in [0.2, 0.25) is 0 Å². The topological polar surface area (TPSA) is 79.4 Å². The van der Waals surface area contributed by atoms with Crippen molar-refractivity contribution in [2.24, 2.45) is 0 Å². The highest BCUT2D eigenvalue weighted by Gasteiger charge is 2.31. The number of carbonyl (C=O) groups is 1. The van der Waals surface area contributed by atoms with E-state index in [0.717, 1.165) is 16.8 Å². The van der Waals surface area contributed by atoms with Gasteiger partial charge in [-0.2, -0.15) is 0 Å². The normalized spacial score (nSPS) is 18.5. The summed E-state index contributed by atoms with van der Waals surface area (Å²) in [5.74, 6) is 0.814. The second-order valence-electron chi connectivity index (χ2n) is 6.90. The van der Waals surface area contributed by atoms with Gasteiger partial charge in [0.15, 0.2) is 9.84 Å². The number of hydrogen-bond donors (Lipinski definition) is 1. The number of aryl methyl sites for hydroxylation is 2. The summed E-state index contributed by atoms with van der Waals surface area (Å²) in [4.78, 5) is 18.6. The molecule has 1 aliphatic rings. The lowest BCUT2D eigenvalue weighted by molar-refractivity contribution is 0.102. The summed E-state index contributed by atoms with van der Waals surface area (Å²) in [6.45, 7) is 3.97. The first-order valence-corrected chi connectivity index (χ1v) is 10.3. The molecule has 1 aliphatic heterocycles. The number of pyridine rings is 1. The summed E-state index contributed by atoms with van der Waals surface area (Å²) in [5.41, 5.74) is 3.38. The van der Waals surface area contributed by atoms with Crippen LogP contribution in [-0.2, 0) is 9.84 Å². The van der Waals surface area contributed by atoms with Crippen molar-refractivity contribution in [1.82, 2.24) is 4.98 Å². The van der Waals surface area contributed by atoms with E-state index in [1.54, 1.807) is 12.1 Å². The van der Waals surface area contributed by atoms with E-state index in [2.05, 4.69) is 10.3 Å². The lowest BCUT2D eigenvalue weighted by Crippen LogP contribution is -2.33. The maximum atomic E-state index is 12.4. The molecule has 1 unspecified atom stereocenters. The summed E-state index contributed by atoms with van der Waals surface area (Å²) >= 11 is 0. The highest BCUT2D eigenvalue weighted by atomic mass is 32.2. The van der Waals surface area contributed by atoms with E-state index in [9.17, 15) is 13.2 Å². The fraction of sp³-hybridized carbons (Fsp3) is 0.368. The molecular formula is C19H23N3O3S. The molecule has 3 rings (SSSR count). The minimum absolute atomic E-state index is 0.0672. The molecule has 1 N–H and O–H groups in total. The maximum Gasteiger partial charge on any atom is 0.257 e. The van der Waals surface area contributed by atoms with Gasteiger partial charge in [0.25, 0.3) is 5.91 Å². The van der Waals surface area contributed by atoms with E-state index in [1.807, 2.05) is 44.0 Å². The number of anilines is 2.